The average molecular weight is 274 g/mol. The highest BCUT2D eigenvalue weighted by Gasteiger charge is 2.31. The molecule has 0 radical (unpaired) electrons. The highest BCUT2D eigenvalue weighted by molar-refractivity contribution is 5.48. The van der Waals surface area contributed by atoms with E-state index < -0.39 is 6.36 Å². The molecule has 19 heavy (non-hydrogen) atoms. The minimum atomic E-state index is -4.65. The maximum Gasteiger partial charge on any atom is 0.573 e. The van der Waals surface area contributed by atoms with Gasteiger partial charge in [-0.1, -0.05) is 6.07 Å². The van der Waals surface area contributed by atoms with Crippen LogP contribution in [-0.2, 0) is 0 Å². The predicted octanol–water partition coefficient (Wildman–Crippen LogP) is 3.00. The highest BCUT2D eigenvalue weighted by atomic mass is 19.4. The van der Waals surface area contributed by atoms with Gasteiger partial charge < -0.3 is 15.4 Å². The van der Waals surface area contributed by atoms with E-state index in [1.165, 1.54) is 12.1 Å². The number of anilines is 1. The smallest absolute Gasteiger partial charge is 0.406 e. The number of hydrogen-bond acceptors (Lipinski definition) is 3. The molecule has 0 aromatic heterocycles. The first-order valence-electron chi connectivity index (χ1n) is 6.33. The zero-order chi connectivity index (χ0) is 13.7. The van der Waals surface area contributed by atoms with Crippen LogP contribution in [0.5, 0.6) is 5.75 Å². The summed E-state index contributed by atoms with van der Waals surface area (Å²) in [6.45, 7) is 2.78. The van der Waals surface area contributed by atoms with Crippen molar-refractivity contribution in [3.63, 3.8) is 0 Å². The Hall–Kier alpha value is -1.43. The summed E-state index contributed by atoms with van der Waals surface area (Å²) in [5, 5.41) is 6.44. The maximum absolute atomic E-state index is 12.1. The van der Waals surface area contributed by atoms with Gasteiger partial charge in [-0.25, -0.2) is 0 Å². The van der Waals surface area contributed by atoms with Crippen molar-refractivity contribution in [3.05, 3.63) is 24.3 Å². The van der Waals surface area contributed by atoms with Crippen LogP contribution >= 0.6 is 0 Å². The molecule has 6 heteroatoms. The Kier molecular flexibility index (Phi) is 4.52. The van der Waals surface area contributed by atoms with Crippen LogP contribution in [0.4, 0.5) is 18.9 Å². The molecule has 0 aliphatic carbocycles. The van der Waals surface area contributed by atoms with Gasteiger partial charge >= 0.3 is 6.36 Å². The number of benzene rings is 1. The van der Waals surface area contributed by atoms with E-state index in [1.807, 2.05) is 0 Å². The third-order valence-corrected chi connectivity index (χ3v) is 3.12. The third-order valence-electron chi connectivity index (χ3n) is 3.12. The van der Waals surface area contributed by atoms with E-state index in [2.05, 4.69) is 15.4 Å². The normalized spacial score (nSPS) is 17.2. The molecule has 2 rings (SSSR count). The summed E-state index contributed by atoms with van der Waals surface area (Å²) in [6, 6.07) is 5.95. The van der Waals surface area contributed by atoms with Crippen molar-refractivity contribution in [1.29, 1.82) is 0 Å². The third kappa shape index (κ3) is 4.98. The van der Waals surface area contributed by atoms with Crippen LogP contribution in [0.1, 0.15) is 12.8 Å². The molecule has 1 aromatic rings. The Bertz CT molecular complexity index is 403. The van der Waals surface area contributed by atoms with Crippen molar-refractivity contribution in [3.8, 4) is 5.75 Å². The van der Waals surface area contributed by atoms with E-state index >= 15 is 0 Å². The van der Waals surface area contributed by atoms with Gasteiger partial charge in [-0.05, 0) is 44.0 Å². The molecular weight excluding hydrogens is 257 g/mol. The number of alkyl halides is 3. The van der Waals surface area contributed by atoms with Crippen LogP contribution in [0.25, 0.3) is 0 Å². The molecule has 0 bridgehead atoms. The van der Waals surface area contributed by atoms with Crippen LogP contribution < -0.4 is 15.4 Å². The second kappa shape index (κ2) is 6.14. The molecule has 2 N–H and O–H groups in total. The molecule has 1 aliphatic heterocycles. The number of rotatable bonds is 4. The first kappa shape index (κ1) is 14.0. The van der Waals surface area contributed by atoms with Crippen molar-refractivity contribution < 1.29 is 17.9 Å². The van der Waals surface area contributed by atoms with Crippen LogP contribution in [-0.4, -0.2) is 26.0 Å². The molecule has 1 saturated heterocycles. The van der Waals surface area contributed by atoms with E-state index in [9.17, 15) is 13.2 Å². The zero-order valence-electron chi connectivity index (χ0n) is 10.5. The van der Waals surface area contributed by atoms with Gasteiger partial charge in [0.15, 0.2) is 0 Å². The predicted molar refractivity (Wildman–Crippen MR) is 67.2 cm³/mol. The molecule has 0 amide bonds. The van der Waals surface area contributed by atoms with Crippen LogP contribution in [0.3, 0.4) is 0 Å². The van der Waals surface area contributed by atoms with Gasteiger partial charge in [0, 0.05) is 18.3 Å². The molecule has 1 heterocycles. The summed E-state index contributed by atoms with van der Waals surface area (Å²) in [6.07, 6.45) is -2.47. The Morgan fingerprint density at radius 3 is 2.68 bits per heavy atom. The maximum atomic E-state index is 12.1. The fourth-order valence-electron chi connectivity index (χ4n) is 2.15. The van der Waals surface area contributed by atoms with Crippen LogP contribution in [0, 0.1) is 5.92 Å². The minimum absolute atomic E-state index is 0.192. The lowest BCUT2D eigenvalue weighted by Gasteiger charge is -2.23. The molecule has 1 aliphatic rings. The lowest BCUT2D eigenvalue weighted by Crippen LogP contribution is -2.31. The summed E-state index contributed by atoms with van der Waals surface area (Å²) >= 11 is 0. The molecule has 0 spiro atoms. The molecule has 3 nitrogen and oxygen atoms in total. The monoisotopic (exact) mass is 274 g/mol. The number of halogens is 3. The van der Waals surface area contributed by atoms with Crippen molar-refractivity contribution in [2.24, 2.45) is 5.92 Å². The van der Waals surface area contributed by atoms with E-state index in [1.54, 1.807) is 12.1 Å². The number of piperidine rings is 1. The van der Waals surface area contributed by atoms with Crippen molar-refractivity contribution in [2.75, 3.05) is 25.0 Å². The van der Waals surface area contributed by atoms with Gasteiger partial charge in [0.1, 0.15) is 5.75 Å². The molecule has 0 saturated carbocycles. The Labute approximate surface area is 110 Å². The average Bonchev–Trinajstić information content (AvgIpc) is 2.36. The minimum Gasteiger partial charge on any atom is -0.406 e. The highest BCUT2D eigenvalue weighted by Crippen LogP contribution is 2.25. The van der Waals surface area contributed by atoms with Gasteiger partial charge in [-0.15, -0.1) is 13.2 Å². The van der Waals surface area contributed by atoms with E-state index in [4.69, 9.17) is 0 Å². The summed E-state index contributed by atoms with van der Waals surface area (Å²) < 4.78 is 40.2. The van der Waals surface area contributed by atoms with E-state index in [0.29, 0.717) is 11.6 Å². The van der Waals surface area contributed by atoms with Crippen LogP contribution in [0.2, 0.25) is 0 Å². The topological polar surface area (TPSA) is 33.3 Å². The first-order valence-corrected chi connectivity index (χ1v) is 6.33. The van der Waals surface area contributed by atoms with Gasteiger partial charge in [0.2, 0.25) is 0 Å². The van der Waals surface area contributed by atoms with Gasteiger partial charge in [0.25, 0.3) is 0 Å². The van der Waals surface area contributed by atoms with E-state index in [-0.39, 0.29) is 5.75 Å². The number of ether oxygens (including phenoxy) is 1. The molecule has 106 valence electrons. The molecule has 0 atom stereocenters. The number of nitrogens with one attached hydrogen (secondary N) is 2. The van der Waals surface area contributed by atoms with E-state index in [0.717, 1.165) is 32.5 Å². The second-order valence-electron chi connectivity index (χ2n) is 4.65. The summed E-state index contributed by atoms with van der Waals surface area (Å²) in [4.78, 5) is 0. The van der Waals surface area contributed by atoms with Gasteiger partial charge in [0.05, 0.1) is 0 Å². The van der Waals surface area contributed by atoms with Crippen molar-refractivity contribution >= 4 is 5.69 Å². The number of hydrogen-bond donors (Lipinski definition) is 2. The fraction of sp³-hybridized carbons (Fsp3) is 0.538. The zero-order valence-corrected chi connectivity index (χ0v) is 10.5. The quantitative estimate of drug-likeness (QED) is 0.885. The summed E-state index contributed by atoms with van der Waals surface area (Å²) in [5.41, 5.74) is 0.653. The standard InChI is InChI=1S/C13H17F3N2O/c14-13(15,16)19-12-3-1-2-11(8-12)18-9-10-4-6-17-7-5-10/h1-3,8,10,17-18H,4-7,9H2. The summed E-state index contributed by atoms with van der Waals surface area (Å²) in [5.74, 6) is 0.372. The molecule has 1 fully saturated rings. The van der Waals surface area contributed by atoms with Crippen LogP contribution in [0.15, 0.2) is 24.3 Å². The molecule has 0 unspecified atom stereocenters. The largest absolute Gasteiger partial charge is 0.573 e. The molecule has 1 aromatic carbocycles. The molecular formula is C13H17F3N2O. The van der Waals surface area contributed by atoms with Gasteiger partial charge in [-0.3, -0.25) is 0 Å². The Morgan fingerprint density at radius 1 is 1.26 bits per heavy atom. The first-order chi connectivity index (χ1) is 9.03. The Morgan fingerprint density at radius 2 is 2.00 bits per heavy atom. The van der Waals surface area contributed by atoms with Crippen molar-refractivity contribution in [2.45, 2.75) is 19.2 Å². The SMILES string of the molecule is FC(F)(F)Oc1cccc(NCC2CCNCC2)c1. The Balaban J connectivity index is 1.87. The van der Waals surface area contributed by atoms with Gasteiger partial charge in [-0.2, -0.15) is 0 Å². The summed E-state index contributed by atoms with van der Waals surface area (Å²) in [7, 11) is 0. The lowest BCUT2D eigenvalue weighted by molar-refractivity contribution is -0.274. The lowest BCUT2D eigenvalue weighted by atomic mass is 9.98. The van der Waals surface area contributed by atoms with Crippen molar-refractivity contribution in [1.82, 2.24) is 5.32 Å². The second-order valence-corrected chi connectivity index (χ2v) is 4.65. The fourth-order valence-corrected chi connectivity index (χ4v) is 2.15.